The van der Waals surface area contributed by atoms with Crippen molar-refractivity contribution in [3.05, 3.63) is 11.8 Å². The quantitative estimate of drug-likeness (QED) is 0.816. The zero-order valence-corrected chi connectivity index (χ0v) is 13.2. The standard InChI is InChI=1S/C13H22N4O3S/c1-10-9-12(20-2)16-13(15-10)17-21(18,19)8-6-11-5-3-4-7-14-11/h9,11,14H,3-8H2,1-2H3,(H,15,16,17). The lowest BCUT2D eigenvalue weighted by Gasteiger charge is -2.23. The smallest absolute Gasteiger partial charge is 0.240 e. The molecular formula is C13H22N4O3S. The van der Waals surface area contributed by atoms with Crippen molar-refractivity contribution in [3.63, 3.8) is 0 Å². The minimum absolute atomic E-state index is 0.0588. The number of hydrogen-bond donors (Lipinski definition) is 2. The fourth-order valence-electron chi connectivity index (χ4n) is 2.35. The molecule has 118 valence electrons. The van der Waals surface area contributed by atoms with E-state index in [1.54, 1.807) is 13.0 Å². The Labute approximate surface area is 125 Å². The van der Waals surface area contributed by atoms with Crippen LogP contribution in [0.15, 0.2) is 6.07 Å². The van der Waals surface area contributed by atoms with Gasteiger partial charge in [0.25, 0.3) is 0 Å². The van der Waals surface area contributed by atoms with E-state index in [1.807, 2.05) is 0 Å². The van der Waals surface area contributed by atoms with E-state index in [-0.39, 0.29) is 17.7 Å². The summed E-state index contributed by atoms with van der Waals surface area (Å²) in [5.74, 6) is 0.460. The highest BCUT2D eigenvalue weighted by atomic mass is 32.2. The third-order valence-corrected chi connectivity index (χ3v) is 4.70. The Kier molecular flexibility index (Phi) is 5.35. The molecule has 1 aliphatic heterocycles. The highest BCUT2D eigenvalue weighted by Gasteiger charge is 2.18. The summed E-state index contributed by atoms with van der Waals surface area (Å²) in [4.78, 5) is 8.06. The van der Waals surface area contributed by atoms with Crippen LogP contribution in [-0.4, -0.2) is 43.8 Å². The summed E-state index contributed by atoms with van der Waals surface area (Å²) in [6.07, 6.45) is 3.95. The molecule has 1 saturated heterocycles. The second-order valence-corrected chi connectivity index (χ2v) is 7.07. The molecule has 1 aliphatic rings. The first-order chi connectivity index (χ1) is 9.98. The van der Waals surface area contributed by atoms with Crippen LogP contribution in [-0.2, 0) is 10.0 Å². The number of piperidine rings is 1. The molecule has 1 unspecified atom stereocenters. The molecule has 1 atom stereocenters. The van der Waals surface area contributed by atoms with E-state index in [0.29, 0.717) is 18.0 Å². The van der Waals surface area contributed by atoms with Gasteiger partial charge in [0.2, 0.25) is 21.9 Å². The molecular weight excluding hydrogens is 292 g/mol. The predicted molar refractivity (Wildman–Crippen MR) is 81.0 cm³/mol. The molecule has 7 nitrogen and oxygen atoms in total. The van der Waals surface area contributed by atoms with Crippen LogP contribution in [0.3, 0.4) is 0 Å². The monoisotopic (exact) mass is 314 g/mol. The molecule has 0 amide bonds. The van der Waals surface area contributed by atoms with Crippen LogP contribution < -0.4 is 14.8 Å². The van der Waals surface area contributed by atoms with Crippen molar-refractivity contribution in [1.82, 2.24) is 15.3 Å². The lowest BCUT2D eigenvalue weighted by molar-refractivity contribution is 0.392. The fraction of sp³-hybridized carbons (Fsp3) is 0.692. The third kappa shape index (κ3) is 5.13. The molecule has 1 aromatic heterocycles. The molecule has 0 radical (unpaired) electrons. The predicted octanol–water partition coefficient (Wildman–Crippen LogP) is 1.07. The molecule has 2 heterocycles. The molecule has 0 bridgehead atoms. The fourth-order valence-corrected chi connectivity index (χ4v) is 3.41. The minimum Gasteiger partial charge on any atom is -0.481 e. The molecule has 0 aliphatic carbocycles. The Morgan fingerprint density at radius 2 is 2.24 bits per heavy atom. The maximum absolute atomic E-state index is 12.1. The largest absolute Gasteiger partial charge is 0.481 e. The van der Waals surface area contributed by atoms with Crippen LogP contribution in [0.4, 0.5) is 5.95 Å². The van der Waals surface area contributed by atoms with E-state index in [0.717, 1.165) is 19.4 Å². The van der Waals surface area contributed by atoms with Gasteiger partial charge in [0.15, 0.2) is 0 Å². The number of hydrogen-bond acceptors (Lipinski definition) is 6. The lowest BCUT2D eigenvalue weighted by atomic mass is 10.0. The zero-order valence-electron chi connectivity index (χ0n) is 12.4. The summed E-state index contributed by atoms with van der Waals surface area (Å²) in [7, 11) is -1.97. The summed E-state index contributed by atoms with van der Waals surface area (Å²) < 4.78 is 31.6. The molecule has 0 saturated carbocycles. The van der Waals surface area contributed by atoms with Crippen molar-refractivity contribution in [2.24, 2.45) is 0 Å². The Morgan fingerprint density at radius 1 is 1.43 bits per heavy atom. The van der Waals surface area contributed by atoms with Crippen molar-refractivity contribution in [1.29, 1.82) is 0 Å². The average molecular weight is 314 g/mol. The molecule has 1 aromatic rings. The first-order valence-corrected chi connectivity index (χ1v) is 8.77. The third-order valence-electron chi connectivity index (χ3n) is 3.43. The number of ether oxygens (including phenoxy) is 1. The minimum atomic E-state index is -3.45. The molecule has 2 rings (SSSR count). The molecule has 0 spiro atoms. The second kappa shape index (κ2) is 7.04. The molecule has 21 heavy (non-hydrogen) atoms. The Hall–Kier alpha value is -1.41. The van der Waals surface area contributed by atoms with Crippen molar-refractivity contribution >= 4 is 16.0 Å². The van der Waals surface area contributed by atoms with Crippen LogP contribution in [0.2, 0.25) is 0 Å². The van der Waals surface area contributed by atoms with Crippen molar-refractivity contribution in [2.75, 3.05) is 24.1 Å². The van der Waals surface area contributed by atoms with E-state index < -0.39 is 10.0 Å². The number of nitrogens with zero attached hydrogens (tertiary/aromatic N) is 2. The normalized spacial score (nSPS) is 19.2. The van der Waals surface area contributed by atoms with E-state index in [9.17, 15) is 8.42 Å². The zero-order chi connectivity index (χ0) is 15.3. The Bertz CT molecular complexity index is 571. The average Bonchev–Trinajstić information content (AvgIpc) is 2.45. The van der Waals surface area contributed by atoms with Gasteiger partial charge in [0.05, 0.1) is 12.9 Å². The van der Waals surface area contributed by atoms with Crippen molar-refractivity contribution < 1.29 is 13.2 Å². The van der Waals surface area contributed by atoms with Crippen LogP contribution in [0.5, 0.6) is 5.88 Å². The molecule has 8 heteroatoms. The summed E-state index contributed by atoms with van der Waals surface area (Å²) in [5.41, 5.74) is 0.647. The van der Waals surface area contributed by atoms with E-state index >= 15 is 0 Å². The van der Waals surface area contributed by atoms with Crippen LogP contribution in [0, 0.1) is 6.92 Å². The summed E-state index contributed by atoms with van der Waals surface area (Å²) in [6, 6.07) is 1.92. The van der Waals surface area contributed by atoms with Gasteiger partial charge in [0, 0.05) is 17.8 Å². The summed E-state index contributed by atoms with van der Waals surface area (Å²) in [5, 5.41) is 3.34. The first kappa shape index (κ1) is 16.0. The van der Waals surface area contributed by atoms with Crippen molar-refractivity contribution in [3.8, 4) is 5.88 Å². The highest BCUT2D eigenvalue weighted by Crippen LogP contribution is 2.14. The van der Waals surface area contributed by atoms with Gasteiger partial charge in [-0.15, -0.1) is 0 Å². The Balaban J connectivity index is 1.95. The SMILES string of the molecule is COc1cc(C)nc(NS(=O)(=O)CCC2CCCCN2)n1. The number of nitrogens with one attached hydrogen (secondary N) is 2. The lowest BCUT2D eigenvalue weighted by Crippen LogP contribution is -2.36. The highest BCUT2D eigenvalue weighted by molar-refractivity contribution is 7.92. The van der Waals surface area contributed by atoms with Gasteiger partial charge in [-0.05, 0) is 32.7 Å². The van der Waals surface area contributed by atoms with Crippen molar-refractivity contribution in [2.45, 2.75) is 38.6 Å². The maximum atomic E-state index is 12.1. The second-order valence-electron chi connectivity index (χ2n) is 5.23. The first-order valence-electron chi connectivity index (χ1n) is 7.12. The number of rotatable bonds is 6. The number of aromatic nitrogens is 2. The molecule has 1 fully saturated rings. The molecule has 0 aromatic carbocycles. The van der Waals surface area contributed by atoms with Crippen LogP contribution in [0.1, 0.15) is 31.4 Å². The van der Waals surface area contributed by atoms with Gasteiger partial charge in [-0.25, -0.2) is 13.4 Å². The van der Waals surface area contributed by atoms with Gasteiger partial charge in [-0.3, -0.25) is 4.72 Å². The van der Waals surface area contributed by atoms with E-state index in [4.69, 9.17) is 4.74 Å². The van der Waals surface area contributed by atoms with Gasteiger partial charge in [-0.2, -0.15) is 4.98 Å². The van der Waals surface area contributed by atoms with E-state index in [2.05, 4.69) is 20.0 Å². The van der Waals surface area contributed by atoms with Gasteiger partial charge >= 0.3 is 0 Å². The number of anilines is 1. The summed E-state index contributed by atoms with van der Waals surface area (Å²) >= 11 is 0. The number of sulfonamides is 1. The Morgan fingerprint density at radius 3 is 2.90 bits per heavy atom. The topological polar surface area (TPSA) is 93.2 Å². The van der Waals surface area contributed by atoms with Crippen LogP contribution >= 0.6 is 0 Å². The van der Waals surface area contributed by atoms with Gasteiger partial charge in [-0.1, -0.05) is 6.42 Å². The summed E-state index contributed by atoms with van der Waals surface area (Å²) in [6.45, 7) is 2.73. The van der Waals surface area contributed by atoms with E-state index in [1.165, 1.54) is 13.5 Å². The molecule has 2 N–H and O–H groups in total. The van der Waals surface area contributed by atoms with Gasteiger partial charge < -0.3 is 10.1 Å². The van der Waals surface area contributed by atoms with Gasteiger partial charge in [0.1, 0.15) is 0 Å². The number of methoxy groups -OCH3 is 1. The van der Waals surface area contributed by atoms with Crippen LogP contribution in [0.25, 0.3) is 0 Å². The maximum Gasteiger partial charge on any atom is 0.240 e. The number of aryl methyl sites for hydroxylation is 1.